The quantitative estimate of drug-likeness (QED) is 0.288. The number of aromatic nitrogens is 2. The normalized spacial score (nSPS) is 19.6. The van der Waals surface area contributed by atoms with E-state index < -0.39 is 0 Å². The third kappa shape index (κ3) is 6.20. The van der Waals surface area contributed by atoms with Gasteiger partial charge in [0.2, 0.25) is 11.9 Å². The molecule has 1 saturated carbocycles. The Morgan fingerprint density at radius 3 is 2.10 bits per heavy atom. The van der Waals surface area contributed by atoms with Crippen molar-refractivity contribution in [2.45, 2.75) is 37.8 Å². The third-order valence-electron chi connectivity index (χ3n) is 8.63. The maximum absolute atomic E-state index is 13.0. The summed E-state index contributed by atoms with van der Waals surface area (Å²) in [6.45, 7) is 2.34. The van der Waals surface area contributed by atoms with Gasteiger partial charge in [0.1, 0.15) is 5.82 Å². The van der Waals surface area contributed by atoms with Gasteiger partial charge < -0.3 is 15.5 Å². The summed E-state index contributed by atoms with van der Waals surface area (Å²) in [5.41, 5.74) is 3.50. The number of hydrogen-bond donors (Lipinski definition) is 2. The van der Waals surface area contributed by atoms with Gasteiger partial charge in [-0.2, -0.15) is 4.98 Å². The van der Waals surface area contributed by atoms with Crippen molar-refractivity contribution in [3.63, 3.8) is 0 Å². The number of nitrogens with one attached hydrogen (secondary N) is 2. The predicted molar refractivity (Wildman–Crippen MR) is 166 cm³/mol. The van der Waals surface area contributed by atoms with Gasteiger partial charge >= 0.3 is 0 Å². The maximum Gasteiger partial charge on any atom is 0.225 e. The first-order valence-corrected chi connectivity index (χ1v) is 14.9. The van der Waals surface area contributed by atoms with E-state index in [1.54, 1.807) is 0 Å². The van der Waals surface area contributed by atoms with Crippen LogP contribution in [0.1, 0.15) is 42.9 Å². The number of carbonyl (C=O) groups is 1. The molecule has 3 aromatic carbocycles. The van der Waals surface area contributed by atoms with Gasteiger partial charge in [0.25, 0.3) is 0 Å². The van der Waals surface area contributed by atoms with Crippen molar-refractivity contribution in [2.75, 3.05) is 43.9 Å². The molecule has 0 unspecified atom stereocenters. The first kappa shape index (κ1) is 27.2. The Balaban J connectivity index is 0.979. The lowest BCUT2D eigenvalue weighted by Gasteiger charge is -2.44. The summed E-state index contributed by atoms with van der Waals surface area (Å²) in [4.78, 5) is 27.1. The van der Waals surface area contributed by atoms with Gasteiger partial charge in [-0.15, -0.1) is 0 Å². The fraction of sp³-hybridized carbons (Fsp3) is 0.382. The van der Waals surface area contributed by atoms with Crippen LogP contribution in [0.25, 0.3) is 10.9 Å². The topological polar surface area (TPSA) is 73.4 Å². The summed E-state index contributed by atoms with van der Waals surface area (Å²) in [5.74, 6) is 2.40. The van der Waals surface area contributed by atoms with Crippen molar-refractivity contribution in [1.82, 2.24) is 20.2 Å². The van der Waals surface area contributed by atoms with E-state index in [9.17, 15) is 4.79 Å². The zero-order valence-corrected chi connectivity index (χ0v) is 24.0. The highest BCUT2D eigenvalue weighted by Crippen LogP contribution is 2.34. The predicted octanol–water partition coefficient (Wildman–Crippen LogP) is 5.50. The first-order chi connectivity index (χ1) is 20.0. The van der Waals surface area contributed by atoms with Gasteiger partial charge in [-0.3, -0.25) is 9.69 Å². The van der Waals surface area contributed by atoms with Crippen molar-refractivity contribution in [2.24, 2.45) is 11.8 Å². The van der Waals surface area contributed by atoms with Crippen LogP contribution in [-0.2, 0) is 4.79 Å². The van der Waals surface area contributed by atoms with Crippen molar-refractivity contribution in [3.8, 4) is 0 Å². The van der Waals surface area contributed by atoms with Crippen molar-refractivity contribution in [3.05, 3.63) is 96.1 Å². The summed E-state index contributed by atoms with van der Waals surface area (Å²) < 4.78 is 0. The number of nitrogens with zero attached hydrogens (tertiary/aromatic N) is 4. The van der Waals surface area contributed by atoms with E-state index in [0.29, 0.717) is 17.9 Å². The molecule has 2 N–H and O–H groups in total. The Labute approximate surface area is 243 Å². The molecule has 2 heterocycles. The van der Waals surface area contributed by atoms with Crippen molar-refractivity contribution in [1.29, 1.82) is 0 Å². The molecule has 1 aromatic heterocycles. The molecular formula is C34H40N6O. The highest BCUT2D eigenvalue weighted by Gasteiger charge is 2.38. The molecule has 0 spiro atoms. The minimum Gasteiger partial charge on any atom is -0.362 e. The largest absolute Gasteiger partial charge is 0.362 e. The van der Waals surface area contributed by atoms with Gasteiger partial charge in [-0.1, -0.05) is 72.8 Å². The number of amides is 1. The number of anilines is 2. The van der Waals surface area contributed by atoms with Gasteiger partial charge in [-0.25, -0.2) is 4.98 Å². The van der Waals surface area contributed by atoms with Gasteiger partial charge in [-0.05, 0) is 54.9 Å². The summed E-state index contributed by atoms with van der Waals surface area (Å²) in [6, 6.07) is 29.9. The number of para-hydroxylation sites is 1. The molecule has 1 amide bonds. The Bertz CT molecular complexity index is 1410. The number of hydrogen-bond acceptors (Lipinski definition) is 6. The molecule has 4 aromatic rings. The lowest BCUT2D eigenvalue weighted by Crippen LogP contribution is -2.55. The highest BCUT2D eigenvalue weighted by molar-refractivity contribution is 5.90. The molecule has 1 aliphatic heterocycles. The number of carbonyl (C=O) groups excluding carboxylic acids is 1. The maximum atomic E-state index is 13.0. The second-order valence-corrected chi connectivity index (χ2v) is 11.8. The van der Waals surface area contributed by atoms with Crippen LogP contribution in [0.2, 0.25) is 0 Å². The summed E-state index contributed by atoms with van der Waals surface area (Å²) in [7, 11) is 4.04. The van der Waals surface area contributed by atoms with Crippen LogP contribution >= 0.6 is 0 Å². The molecule has 7 heteroatoms. The molecule has 0 bridgehead atoms. The minimum atomic E-state index is 0.0545. The number of rotatable bonds is 9. The van der Waals surface area contributed by atoms with Gasteiger partial charge in [0.15, 0.2) is 0 Å². The van der Waals surface area contributed by atoms with E-state index in [0.717, 1.165) is 62.0 Å². The van der Waals surface area contributed by atoms with E-state index in [1.807, 2.05) is 37.2 Å². The second-order valence-electron chi connectivity index (χ2n) is 11.8. The highest BCUT2D eigenvalue weighted by atomic mass is 16.2. The van der Waals surface area contributed by atoms with Crippen LogP contribution in [-0.4, -0.2) is 60.5 Å². The van der Waals surface area contributed by atoms with E-state index in [1.165, 1.54) is 11.1 Å². The molecule has 6 rings (SSSR count). The number of fused-ring (bicyclic) bond motifs is 1. The summed E-state index contributed by atoms with van der Waals surface area (Å²) >= 11 is 0. The first-order valence-electron chi connectivity index (χ1n) is 14.9. The Kier molecular flexibility index (Phi) is 8.14. The molecule has 2 fully saturated rings. The monoisotopic (exact) mass is 548 g/mol. The van der Waals surface area contributed by atoms with E-state index in [4.69, 9.17) is 9.97 Å². The average Bonchev–Trinajstić information content (AvgIpc) is 2.98. The van der Waals surface area contributed by atoms with E-state index in [-0.39, 0.29) is 17.9 Å². The summed E-state index contributed by atoms with van der Waals surface area (Å²) in [6.07, 6.45) is 4.29. The molecule has 1 aliphatic carbocycles. The SMILES string of the molecule is CN(C)c1nc(N[C@H]2CC[C@@H](CNC(=O)C3CN(C(c4ccccc4)c4ccccc4)C3)CC2)nc2ccccc12. The molecule has 7 nitrogen and oxygen atoms in total. The van der Waals surface area contributed by atoms with Crippen LogP contribution < -0.4 is 15.5 Å². The standard InChI is InChI=1S/C34H40N6O/c1-39(2)32-29-15-9-10-16-30(29)37-34(38-32)36-28-19-17-24(18-20-28)21-35-33(41)27-22-40(23-27)31(25-11-5-3-6-12-25)26-13-7-4-8-14-26/h3-16,24,27-28,31H,17-23H2,1-2H3,(H,35,41)(H,36,37,38)/t24-,28+. The Morgan fingerprint density at radius 1 is 0.854 bits per heavy atom. The minimum absolute atomic E-state index is 0.0545. The van der Waals surface area contributed by atoms with Crippen LogP contribution in [0.15, 0.2) is 84.9 Å². The molecule has 2 aliphatic rings. The molecule has 1 saturated heterocycles. The lowest BCUT2D eigenvalue weighted by atomic mass is 9.85. The Hall–Kier alpha value is -3.97. The second kappa shape index (κ2) is 12.3. The van der Waals surface area contributed by atoms with E-state index in [2.05, 4.69) is 82.3 Å². The fourth-order valence-electron chi connectivity index (χ4n) is 6.32. The molecular weight excluding hydrogens is 508 g/mol. The third-order valence-corrected chi connectivity index (χ3v) is 8.63. The van der Waals surface area contributed by atoms with Gasteiger partial charge in [0, 0.05) is 45.2 Å². The molecule has 41 heavy (non-hydrogen) atoms. The van der Waals surface area contributed by atoms with Crippen LogP contribution in [0, 0.1) is 11.8 Å². The lowest BCUT2D eigenvalue weighted by molar-refractivity contribution is -0.131. The van der Waals surface area contributed by atoms with Crippen molar-refractivity contribution < 1.29 is 4.79 Å². The zero-order valence-electron chi connectivity index (χ0n) is 24.0. The fourth-order valence-corrected chi connectivity index (χ4v) is 6.32. The molecule has 0 radical (unpaired) electrons. The van der Waals surface area contributed by atoms with Gasteiger partial charge in [0.05, 0.1) is 17.5 Å². The van der Waals surface area contributed by atoms with Crippen LogP contribution in [0.3, 0.4) is 0 Å². The summed E-state index contributed by atoms with van der Waals surface area (Å²) in [5, 5.41) is 7.94. The molecule has 212 valence electrons. The van der Waals surface area contributed by atoms with Crippen molar-refractivity contribution >= 4 is 28.6 Å². The Morgan fingerprint density at radius 2 is 1.46 bits per heavy atom. The number of benzene rings is 3. The zero-order chi connectivity index (χ0) is 28.2. The van der Waals surface area contributed by atoms with Crippen LogP contribution in [0.4, 0.5) is 11.8 Å². The average molecular weight is 549 g/mol. The molecule has 0 atom stereocenters. The van der Waals surface area contributed by atoms with E-state index >= 15 is 0 Å². The smallest absolute Gasteiger partial charge is 0.225 e. The van der Waals surface area contributed by atoms with Crippen LogP contribution in [0.5, 0.6) is 0 Å². The number of likely N-dealkylation sites (tertiary alicyclic amines) is 1.